The van der Waals surface area contributed by atoms with Crippen LogP contribution in [0.3, 0.4) is 0 Å². The number of benzene rings is 1. The van der Waals surface area contributed by atoms with Gasteiger partial charge in [0.2, 0.25) is 0 Å². The van der Waals surface area contributed by atoms with E-state index in [-0.39, 0.29) is 18.3 Å². The number of aliphatic hydroxyl groups excluding tert-OH is 1. The van der Waals surface area contributed by atoms with Crippen LogP contribution < -0.4 is 4.74 Å². The van der Waals surface area contributed by atoms with Crippen molar-refractivity contribution in [2.75, 3.05) is 26.7 Å². The second-order valence-electron chi connectivity index (χ2n) is 8.69. The summed E-state index contributed by atoms with van der Waals surface area (Å²) in [5.74, 6) is 6.54. The number of methoxy groups -OCH3 is 1. The lowest BCUT2D eigenvalue weighted by molar-refractivity contribution is -0.139. The van der Waals surface area contributed by atoms with Crippen molar-refractivity contribution in [3.05, 3.63) is 52.6 Å². The summed E-state index contributed by atoms with van der Waals surface area (Å²) in [6.45, 7) is 2.21. The van der Waals surface area contributed by atoms with E-state index >= 15 is 0 Å². The molecule has 3 atom stereocenters. The van der Waals surface area contributed by atoms with Crippen LogP contribution in [-0.4, -0.2) is 57.8 Å². The monoisotopic (exact) mass is 479 g/mol. The lowest BCUT2D eigenvalue weighted by atomic mass is 9.79. The lowest BCUT2D eigenvalue weighted by Gasteiger charge is -2.37. The predicted octanol–water partition coefficient (Wildman–Crippen LogP) is 3.98. The summed E-state index contributed by atoms with van der Waals surface area (Å²) in [6, 6.07) is 7.50. The maximum absolute atomic E-state index is 11.5. The molecule has 2 N–H and O–H groups in total. The molecule has 3 heterocycles. The van der Waals surface area contributed by atoms with Crippen LogP contribution in [0.25, 0.3) is 10.9 Å². The Morgan fingerprint density at radius 1 is 1.35 bits per heavy atom. The molecule has 1 aliphatic rings. The Kier molecular flexibility index (Phi) is 8.12. The van der Waals surface area contributed by atoms with Gasteiger partial charge < -0.3 is 14.9 Å². The van der Waals surface area contributed by atoms with Crippen LogP contribution in [0.1, 0.15) is 42.2 Å². The predicted molar refractivity (Wildman–Crippen MR) is 132 cm³/mol. The zero-order valence-electron chi connectivity index (χ0n) is 19.2. The van der Waals surface area contributed by atoms with E-state index in [4.69, 9.17) is 4.74 Å². The van der Waals surface area contributed by atoms with Crippen LogP contribution in [0.4, 0.5) is 0 Å². The number of thiazole rings is 1. The van der Waals surface area contributed by atoms with Gasteiger partial charge in [0, 0.05) is 24.5 Å². The van der Waals surface area contributed by atoms with Crippen LogP contribution in [-0.2, 0) is 4.79 Å². The zero-order valence-corrected chi connectivity index (χ0v) is 20.0. The fourth-order valence-electron chi connectivity index (χ4n) is 4.74. The average Bonchev–Trinajstić information content (AvgIpc) is 3.36. The number of carboxylic acid groups (broad SMARTS) is 1. The van der Waals surface area contributed by atoms with Gasteiger partial charge in [-0.3, -0.25) is 19.7 Å². The van der Waals surface area contributed by atoms with Crippen molar-refractivity contribution in [1.82, 2.24) is 14.9 Å². The van der Waals surface area contributed by atoms with Crippen molar-refractivity contribution in [1.29, 1.82) is 0 Å². The number of pyridine rings is 1. The Bertz CT molecular complexity index is 1170. The number of carbonyl (C=O) groups is 1. The highest BCUT2D eigenvalue weighted by atomic mass is 32.1. The van der Waals surface area contributed by atoms with E-state index in [9.17, 15) is 15.0 Å². The molecular weight excluding hydrogens is 450 g/mol. The van der Waals surface area contributed by atoms with Gasteiger partial charge in [-0.15, -0.1) is 11.3 Å². The molecule has 0 spiro atoms. The van der Waals surface area contributed by atoms with E-state index in [1.54, 1.807) is 25.0 Å². The van der Waals surface area contributed by atoms with E-state index in [1.165, 1.54) is 11.3 Å². The van der Waals surface area contributed by atoms with Crippen molar-refractivity contribution in [2.45, 2.75) is 31.8 Å². The molecule has 1 aromatic carbocycles. The number of hydrogen-bond acceptors (Lipinski definition) is 7. The Morgan fingerprint density at radius 3 is 3.00 bits per heavy atom. The Labute approximate surface area is 203 Å². The van der Waals surface area contributed by atoms with E-state index < -0.39 is 12.1 Å². The molecule has 1 aliphatic heterocycles. The van der Waals surface area contributed by atoms with Crippen LogP contribution in [0.15, 0.2) is 42.2 Å². The molecule has 1 saturated heterocycles. The molecule has 1 fully saturated rings. The van der Waals surface area contributed by atoms with Gasteiger partial charge in [-0.25, -0.2) is 0 Å². The third-order valence-corrected chi connectivity index (χ3v) is 7.20. The van der Waals surface area contributed by atoms with E-state index in [0.717, 1.165) is 46.5 Å². The van der Waals surface area contributed by atoms with E-state index in [1.807, 2.05) is 24.3 Å². The first-order chi connectivity index (χ1) is 16.5. The molecule has 7 nitrogen and oxygen atoms in total. The SMILES string of the molecule is COc1ccc2nccc(C(O)CC[C@@H]3CCN(CC#Cc4cncs4)C[C@@H]3CC(=O)O)c2c1. The minimum Gasteiger partial charge on any atom is -0.497 e. The van der Waals surface area contributed by atoms with Gasteiger partial charge in [-0.2, -0.15) is 0 Å². The summed E-state index contributed by atoms with van der Waals surface area (Å²) in [7, 11) is 1.62. The van der Waals surface area contributed by atoms with Gasteiger partial charge in [-0.05, 0) is 67.5 Å². The number of aromatic nitrogens is 2. The first-order valence-electron chi connectivity index (χ1n) is 11.5. The molecule has 0 bridgehead atoms. The fraction of sp³-hybridized carbons (Fsp3) is 0.423. The number of fused-ring (bicyclic) bond motifs is 1. The van der Waals surface area contributed by atoms with Gasteiger partial charge in [-0.1, -0.05) is 11.8 Å². The zero-order chi connectivity index (χ0) is 23.9. The number of carboxylic acids is 1. The second-order valence-corrected chi connectivity index (χ2v) is 9.57. The third kappa shape index (κ3) is 6.11. The number of aliphatic carboxylic acids is 1. The molecule has 0 aliphatic carbocycles. The van der Waals surface area contributed by atoms with Crippen molar-refractivity contribution in [3.63, 3.8) is 0 Å². The Balaban J connectivity index is 1.39. The van der Waals surface area contributed by atoms with Gasteiger partial charge in [0.1, 0.15) is 5.75 Å². The number of likely N-dealkylation sites (tertiary alicyclic amines) is 1. The van der Waals surface area contributed by atoms with Crippen molar-refractivity contribution in [3.8, 4) is 17.6 Å². The maximum Gasteiger partial charge on any atom is 0.303 e. The highest BCUT2D eigenvalue weighted by molar-refractivity contribution is 7.10. The fourth-order valence-corrected chi connectivity index (χ4v) is 5.23. The molecule has 2 aromatic heterocycles. The summed E-state index contributed by atoms with van der Waals surface area (Å²) in [5.41, 5.74) is 3.40. The molecule has 178 valence electrons. The van der Waals surface area contributed by atoms with Crippen molar-refractivity contribution in [2.24, 2.45) is 11.8 Å². The lowest BCUT2D eigenvalue weighted by Crippen LogP contribution is -2.41. The molecule has 0 amide bonds. The smallest absolute Gasteiger partial charge is 0.303 e. The van der Waals surface area contributed by atoms with Gasteiger partial charge in [0.05, 0.1) is 41.9 Å². The summed E-state index contributed by atoms with van der Waals surface area (Å²) < 4.78 is 5.34. The second kappa shape index (κ2) is 11.4. The molecule has 4 rings (SSSR count). The van der Waals surface area contributed by atoms with Gasteiger partial charge in [0.15, 0.2) is 0 Å². The quantitative estimate of drug-likeness (QED) is 0.472. The third-order valence-electron chi connectivity index (χ3n) is 6.51. The minimum atomic E-state index is -0.777. The largest absolute Gasteiger partial charge is 0.497 e. The van der Waals surface area contributed by atoms with Crippen LogP contribution >= 0.6 is 11.3 Å². The molecule has 1 unspecified atom stereocenters. The Morgan fingerprint density at radius 2 is 2.24 bits per heavy atom. The van der Waals surface area contributed by atoms with Crippen molar-refractivity contribution < 1.29 is 19.7 Å². The summed E-state index contributed by atoms with van der Waals surface area (Å²) >= 11 is 1.51. The number of aliphatic hydroxyl groups is 1. The number of piperidine rings is 1. The minimum absolute atomic E-state index is 0.0398. The van der Waals surface area contributed by atoms with E-state index in [0.29, 0.717) is 19.5 Å². The average molecular weight is 480 g/mol. The van der Waals surface area contributed by atoms with Crippen molar-refractivity contribution >= 4 is 28.2 Å². The normalized spacial score (nSPS) is 19.4. The van der Waals surface area contributed by atoms with Gasteiger partial charge >= 0.3 is 5.97 Å². The highest BCUT2D eigenvalue weighted by Crippen LogP contribution is 2.34. The topological polar surface area (TPSA) is 95.8 Å². The molecule has 8 heteroatoms. The Hall–Kier alpha value is -2.99. The number of rotatable bonds is 8. The number of ether oxygens (including phenoxy) is 1. The summed E-state index contributed by atoms with van der Waals surface area (Å²) in [5, 5.41) is 21.4. The maximum atomic E-state index is 11.5. The van der Waals surface area contributed by atoms with E-state index in [2.05, 4.69) is 26.7 Å². The first kappa shape index (κ1) is 24.1. The highest BCUT2D eigenvalue weighted by Gasteiger charge is 2.31. The first-order valence-corrected chi connectivity index (χ1v) is 12.3. The number of hydrogen-bond donors (Lipinski definition) is 2. The van der Waals surface area contributed by atoms with Crippen LogP contribution in [0.2, 0.25) is 0 Å². The molecule has 0 radical (unpaired) electrons. The van der Waals surface area contributed by atoms with Crippen LogP contribution in [0.5, 0.6) is 5.75 Å². The molecule has 0 saturated carbocycles. The van der Waals surface area contributed by atoms with Crippen LogP contribution in [0, 0.1) is 23.7 Å². The summed E-state index contributed by atoms with van der Waals surface area (Å²) in [4.78, 5) is 23.1. The molecular formula is C26H29N3O4S. The standard InChI is InChI=1S/C26H29N3O4S/c1-33-20-5-6-24-23(14-20)22(8-10-28-24)25(30)7-4-18-9-12-29(16-19(18)13-26(31)32)11-2-3-21-15-27-17-34-21/h5-6,8,10,14-15,17-19,25,30H,4,7,9,11-13,16H2,1H3,(H,31,32)/t18-,19+,25?/m1/s1. The van der Waals surface area contributed by atoms with Gasteiger partial charge in [0.25, 0.3) is 0 Å². The number of nitrogens with zero attached hydrogens (tertiary/aromatic N) is 3. The molecule has 34 heavy (non-hydrogen) atoms. The molecule has 3 aromatic rings. The summed E-state index contributed by atoms with van der Waals surface area (Å²) in [6.07, 6.45) is 5.20.